The van der Waals surface area contributed by atoms with Crippen molar-refractivity contribution < 1.29 is 13.2 Å². The zero-order valence-electron chi connectivity index (χ0n) is 11.1. The summed E-state index contributed by atoms with van der Waals surface area (Å²) >= 11 is 0. The monoisotopic (exact) mass is 285 g/mol. The summed E-state index contributed by atoms with van der Waals surface area (Å²) in [4.78, 5) is 13.6. The molecule has 0 aromatic heterocycles. The van der Waals surface area contributed by atoms with E-state index in [1.807, 2.05) is 13.8 Å². The van der Waals surface area contributed by atoms with Crippen LogP contribution in [0.1, 0.15) is 30.6 Å². The van der Waals surface area contributed by atoms with Gasteiger partial charge < -0.3 is 10.6 Å². The van der Waals surface area contributed by atoms with Crippen LogP contribution in [0.3, 0.4) is 0 Å². The van der Waals surface area contributed by atoms with Crippen LogP contribution in [0.4, 0.5) is 5.69 Å². The maximum atomic E-state index is 12.3. The highest BCUT2D eigenvalue weighted by molar-refractivity contribution is 7.89. The summed E-state index contributed by atoms with van der Waals surface area (Å²) in [5.74, 6) is -0.353. The van der Waals surface area contributed by atoms with Gasteiger partial charge in [0.1, 0.15) is 0 Å². The van der Waals surface area contributed by atoms with E-state index in [1.165, 1.54) is 18.2 Å². The van der Waals surface area contributed by atoms with E-state index in [9.17, 15) is 13.2 Å². The van der Waals surface area contributed by atoms with Gasteiger partial charge in [-0.05, 0) is 31.5 Å². The molecule has 106 valence electrons. The molecular weight excluding hydrogens is 266 g/mol. The van der Waals surface area contributed by atoms with Gasteiger partial charge in [-0.25, -0.2) is 13.6 Å². The Morgan fingerprint density at radius 2 is 1.95 bits per heavy atom. The minimum absolute atomic E-state index is 0.0620. The lowest BCUT2D eigenvalue weighted by molar-refractivity contribution is 0.0760. The number of amides is 1. The molecule has 0 heterocycles. The van der Waals surface area contributed by atoms with Crippen molar-refractivity contribution in [3.63, 3.8) is 0 Å². The molecule has 6 nitrogen and oxygen atoms in total. The number of anilines is 1. The van der Waals surface area contributed by atoms with Gasteiger partial charge in [0.05, 0.1) is 10.5 Å². The maximum Gasteiger partial charge on any atom is 0.255 e. The highest BCUT2D eigenvalue weighted by atomic mass is 32.2. The van der Waals surface area contributed by atoms with Gasteiger partial charge in [-0.1, -0.05) is 6.92 Å². The molecule has 0 saturated carbocycles. The molecule has 1 rings (SSSR count). The number of carbonyl (C=O) groups is 1. The fourth-order valence-corrected chi connectivity index (χ4v) is 2.56. The third kappa shape index (κ3) is 3.68. The molecule has 0 unspecified atom stereocenters. The Labute approximate surface area is 113 Å². The molecular formula is C12H19N3O3S. The number of nitrogens with zero attached hydrogens (tertiary/aromatic N) is 1. The molecule has 0 saturated heterocycles. The third-order valence-electron chi connectivity index (χ3n) is 2.71. The molecule has 1 amide bonds. The first-order valence-corrected chi connectivity index (χ1v) is 7.57. The van der Waals surface area contributed by atoms with E-state index in [2.05, 4.69) is 0 Å². The quantitative estimate of drug-likeness (QED) is 0.780. The summed E-state index contributed by atoms with van der Waals surface area (Å²) in [6, 6.07) is 4.10. The summed E-state index contributed by atoms with van der Waals surface area (Å²) in [5.41, 5.74) is 5.86. The standard InChI is InChI=1S/C12H19N3O3S/c1-3-7-15(4-2)12(16)10-6-5-9(13)8-11(10)19(14,17)18/h5-6,8H,3-4,7,13H2,1-2H3,(H2,14,17,18). The normalized spacial score (nSPS) is 11.3. The summed E-state index contributed by atoms with van der Waals surface area (Å²) in [6.45, 7) is 4.84. The van der Waals surface area contributed by atoms with Crippen LogP contribution in [0.2, 0.25) is 0 Å². The minimum Gasteiger partial charge on any atom is -0.399 e. The van der Waals surface area contributed by atoms with Crippen LogP contribution in [-0.2, 0) is 10.0 Å². The van der Waals surface area contributed by atoms with Crippen LogP contribution in [0, 0.1) is 0 Å². The first-order valence-electron chi connectivity index (χ1n) is 6.02. The minimum atomic E-state index is -3.99. The summed E-state index contributed by atoms with van der Waals surface area (Å²) in [5, 5.41) is 5.13. The predicted octanol–water partition coefficient (Wildman–Crippen LogP) is 0.788. The van der Waals surface area contributed by atoms with Gasteiger partial charge in [-0.2, -0.15) is 0 Å². The number of nitrogens with two attached hydrogens (primary N) is 2. The van der Waals surface area contributed by atoms with E-state index in [0.717, 1.165) is 6.42 Å². The molecule has 0 bridgehead atoms. The van der Waals surface area contributed by atoms with Crippen molar-refractivity contribution in [2.75, 3.05) is 18.8 Å². The molecule has 0 radical (unpaired) electrons. The molecule has 0 aliphatic carbocycles. The van der Waals surface area contributed by atoms with Gasteiger partial charge in [0.25, 0.3) is 5.91 Å². The number of benzene rings is 1. The lowest BCUT2D eigenvalue weighted by atomic mass is 10.1. The number of rotatable bonds is 5. The summed E-state index contributed by atoms with van der Waals surface area (Å²) < 4.78 is 23.1. The molecule has 0 atom stereocenters. The van der Waals surface area contributed by atoms with E-state index in [1.54, 1.807) is 4.90 Å². The van der Waals surface area contributed by atoms with Crippen molar-refractivity contribution in [1.29, 1.82) is 0 Å². The zero-order valence-corrected chi connectivity index (χ0v) is 11.9. The smallest absolute Gasteiger partial charge is 0.255 e. The van der Waals surface area contributed by atoms with Gasteiger partial charge in [-0.15, -0.1) is 0 Å². The largest absolute Gasteiger partial charge is 0.399 e. The van der Waals surface area contributed by atoms with Crippen molar-refractivity contribution in [3.05, 3.63) is 23.8 Å². The predicted molar refractivity (Wildman–Crippen MR) is 74.1 cm³/mol. The Hall–Kier alpha value is -1.60. The number of carbonyl (C=O) groups excluding carboxylic acids is 1. The molecule has 7 heteroatoms. The van der Waals surface area contributed by atoms with Crippen molar-refractivity contribution >= 4 is 21.6 Å². The van der Waals surface area contributed by atoms with Crippen molar-refractivity contribution in [2.45, 2.75) is 25.2 Å². The second-order valence-electron chi connectivity index (χ2n) is 4.19. The molecule has 0 spiro atoms. The Morgan fingerprint density at radius 3 is 2.42 bits per heavy atom. The molecule has 4 N–H and O–H groups in total. The first kappa shape index (κ1) is 15.5. The van der Waals surface area contributed by atoms with E-state index >= 15 is 0 Å². The topological polar surface area (TPSA) is 106 Å². The van der Waals surface area contributed by atoms with E-state index in [0.29, 0.717) is 13.1 Å². The molecule has 0 aliphatic heterocycles. The molecule has 0 aliphatic rings. The first-order chi connectivity index (χ1) is 8.81. The zero-order chi connectivity index (χ0) is 14.6. The van der Waals surface area contributed by atoms with Crippen LogP contribution in [0.25, 0.3) is 0 Å². The number of sulfonamides is 1. The number of hydrogen-bond donors (Lipinski definition) is 2. The Morgan fingerprint density at radius 1 is 1.32 bits per heavy atom. The molecule has 1 aromatic rings. The highest BCUT2D eigenvalue weighted by Gasteiger charge is 2.22. The molecule has 1 aromatic carbocycles. The Kier molecular flexibility index (Phi) is 4.90. The number of nitrogen functional groups attached to an aromatic ring is 1. The second-order valence-corrected chi connectivity index (χ2v) is 5.72. The Bertz CT molecular complexity index is 570. The molecule has 0 fully saturated rings. The molecule has 19 heavy (non-hydrogen) atoms. The van der Waals surface area contributed by atoms with Gasteiger partial charge in [0, 0.05) is 18.8 Å². The summed E-state index contributed by atoms with van der Waals surface area (Å²) in [6.07, 6.45) is 0.791. The number of primary sulfonamides is 1. The SMILES string of the molecule is CCCN(CC)C(=O)c1ccc(N)cc1S(N)(=O)=O. The van der Waals surface area contributed by atoms with Crippen LogP contribution in [-0.4, -0.2) is 32.3 Å². The van der Waals surface area contributed by atoms with E-state index < -0.39 is 10.0 Å². The number of hydrogen-bond acceptors (Lipinski definition) is 4. The fourth-order valence-electron chi connectivity index (χ4n) is 1.79. The highest BCUT2D eigenvalue weighted by Crippen LogP contribution is 2.19. The Balaban J connectivity index is 3.31. The van der Waals surface area contributed by atoms with E-state index in [-0.39, 0.29) is 22.1 Å². The average Bonchev–Trinajstić information content (AvgIpc) is 2.34. The average molecular weight is 285 g/mol. The van der Waals surface area contributed by atoms with Gasteiger partial charge >= 0.3 is 0 Å². The lowest BCUT2D eigenvalue weighted by Crippen LogP contribution is -2.33. The third-order valence-corrected chi connectivity index (χ3v) is 3.66. The van der Waals surface area contributed by atoms with Crippen molar-refractivity contribution in [3.8, 4) is 0 Å². The van der Waals surface area contributed by atoms with E-state index in [4.69, 9.17) is 10.9 Å². The van der Waals surface area contributed by atoms with Crippen LogP contribution in [0.15, 0.2) is 23.1 Å². The van der Waals surface area contributed by atoms with Gasteiger partial charge in [-0.3, -0.25) is 4.79 Å². The summed E-state index contributed by atoms with van der Waals surface area (Å²) in [7, 11) is -3.99. The van der Waals surface area contributed by atoms with Crippen molar-refractivity contribution in [1.82, 2.24) is 4.90 Å². The van der Waals surface area contributed by atoms with Crippen molar-refractivity contribution in [2.24, 2.45) is 5.14 Å². The van der Waals surface area contributed by atoms with Crippen LogP contribution in [0.5, 0.6) is 0 Å². The second kappa shape index (κ2) is 6.03. The maximum absolute atomic E-state index is 12.3. The van der Waals surface area contributed by atoms with Crippen LogP contribution < -0.4 is 10.9 Å². The van der Waals surface area contributed by atoms with Crippen LogP contribution >= 0.6 is 0 Å². The lowest BCUT2D eigenvalue weighted by Gasteiger charge is -2.21. The van der Waals surface area contributed by atoms with Gasteiger partial charge in [0.15, 0.2) is 0 Å². The van der Waals surface area contributed by atoms with Gasteiger partial charge in [0.2, 0.25) is 10.0 Å². The fraction of sp³-hybridized carbons (Fsp3) is 0.417.